The largest absolute Gasteiger partial charge is 0.387 e. The molecule has 6 nitrogen and oxygen atoms in total. The van der Waals surface area contributed by atoms with E-state index in [4.69, 9.17) is 4.98 Å². The maximum Gasteiger partial charge on any atom is 0.248 e. The Hall–Kier alpha value is -2.67. The van der Waals surface area contributed by atoms with Gasteiger partial charge in [-0.1, -0.05) is 64.1 Å². The quantitative estimate of drug-likeness (QED) is 0.349. The number of hydrogen-bond acceptors (Lipinski definition) is 4. The number of aromatic amines is 1. The van der Waals surface area contributed by atoms with Crippen molar-refractivity contribution < 1.29 is 18.7 Å². The highest BCUT2D eigenvalue weighted by Gasteiger charge is 2.37. The molecule has 2 aromatic carbocycles. The molecule has 1 aromatic heterocycles. The number of halogens is 2. The molecule has 206 valence electrons. The number of carbonyl (C=O) groups is 1. The van der Waals surface area contributed by atoms with Gasteiger partial charge in [0.25, 0.3) is 0 Å². The first-order valence-electron chi connectivity index (χ1n) is 13.2. The molecule has 1 amide bonds. The van der Waals surface area contributed by atoms with E-state index in [1.165, 1.54) is 12.1 Å². The second-order valence-corrected chi connectivity index (χ2v) is 10.3. The van der Waals surface area contributed by atoms with Gasteiger partial charge in [-0.25, -0.2) is 13.8 Å². The normalized spacial score (nSPS) is 17.7. The fourth-order valence-electron chi connectivity index (χ4n) is 4.88. The molecular weight excluding hydrogens is 505 g/mol. The van der Waals surface area contributed by atoms with Crippen LogP contribution >= 0.6 is 9.24 Å². The number of rotatable bonds is 9. The Bertz CT molecular complexity index is 1190. The highest BCUT2D eigenvalue weighted by Crippen LogP contribution is 2.34. The molecule has 2 heterocycles. The number of imidazole rings is 1. The minimum absolute atomic E-state index is 0.0819. The lowest BCUT2D eigenvalue weighted by Crippen LogP contribution is -2.44. The Morgan fingerprint density at radius 1 is 1.18 bits per heavy atom. The molecule has 0 bridgehead atoms. The van der Waals surface area contributed by atoms with E-state index in [9.17, 15) is 18.7 Å². The third-order valence-corrected chi connectivity index (χ3v) is 7.20. The lowest BCUT2D eigenvalue weighted by atomic mass is 9.94. The van der Waals surface area contributed by atoms with Gasteiger partial charge in [-0.2, -0.15) is 0 Å². The summed E-state index contributed by atoms with van der Waals surface area (Å²) in [5, 5.41) is 13.6. The Morgan fingerprint density at radius 3 is 2.50 bits per heavy atom. The summed E-state index contributed by atoms with van der Waals surface area (Å²) in [6.45, 7) is 8.16. The summed E-state index contributed by atoms with van der Waals surface area (Å²) in [4.78, 5) is 22.9. The van der Waals surface area contributed by atoms with Crippen LogP contribution in [0.15, 0.2) is 48.5 Å². The van der Waals surface area contributed by atoms with E-state index in [1.807, 2.05) is 58.0 Å². The summed E-state index contributed by atoms with van der Waals surface area (Å²) >= 11 is 0. The molecule has 1 aliphatic heterocycles. The van der Waals surface area contributed by atoms with Gasteiger partial charge < -0.3 is 20.3 Å². The molecule has 0 aliphatic carbocycles. The topological polar surface area (TPSA) is 81.2 Å². The number of carbonyl (C=O) groups excluding carboxylic acids is 1. The molecule has 0 radical (unpaired) electrons. The maximum atomic E-state index is 14.5. The van der Waals surface area contributed by atoms with E-state index in [0.29, 0.717) is 30.0 Å². The summed E-state index contributed by atoms with van der Waals surface area (Å²) in [5.74, 6) is -0.811. The van der Waals surface area contributed by atoms with Crippen LogP contribution < -0.4 is 10.6 Å². The third-order valence-electron chi connectivity index (χ3n) is 6.70. The van der Waals surface area contributed by atoms with Crippen molar-refractivity contribution in [1.29, 1.82) is 0 Å². The number of aliphatic hydroxyl groups excluding tert-OH is 1. The molecule has 4 rings (SSSR count). The second-order valence-electron chi connectivity index (χ2n) is 9.67. The molecule has 0 spiro atoms. The van der Waals surface area contributed by atoms with Crippen LogP contribution in [0, 0.1) is 17.7 Å². The maximum absolute atomic E-state index is 14.5. The van der Waals surface area contributed by atoms with E-state index in [2.05, 4.69) is 19.5 Å². The van der Waals surface area contributed by atoms with Gasteiger partial charge in [-0.05, 0) is 28.9 Å². The summed E-state index contributed by atoms with van der Waals surface area (Å²) < 4.78 is 28.7. The Morgan fingerprint density at radius 2 is 1.89 bits per heavy atom. The Balaban J connectivity index is 0.00000195. The zero-order valence-corrected chi connectivity index (χ0v) is 23.7. The lowest BCUT2D eigenvalue weighted by molar-refractivity contribution is -0.138. The Kier molecular flexibility index (Phi) is 11.0. The van der Waals surface area contributed by atoms with Crippen LogP contribution in [-0.4, -0.2) is 58.3 Å². The first-order chi connectivity index (χ1) is 18.3. The number of amides is 1. The molecule has 1 fully saturated rings. The predicted octanol–water partition coefficient (Wildman–Crippen LogP) is 4.41. The van der Waals surface area contributed by atoms with Crippen LogP contribution in [0.25, 0.3) is 11.4 Å². The van der Waals surface area contributed by atoms with Gasteiger partial charge in [-0.3, -0.25) is 4.79 Å². The molecule has 4 unspecified atom stereocenters. The summed E-state index contributed by atoms with van der Waals surface area (Å²) in [6.07, 6.45) is -0.552. The smallest absolute Gasteiger partial charge is 0.248 e. The van der Waals surface area contributed by atoms with Crippen molar-refractivity contribution in [1.82, 2.24) is 20.2 Å². The molecule has 38 heavy (non-hydrogen) atoms. The van der Waals surface area contributed by atoms with Crippen LogP contribution in [0.2, 0.25) is 0 Å². The van der Waals surface area contributed by atoms with Crippen molar-refractivity contribution in [3.8, 4) is 11.4 Å². The predicted molar refractivity (Wildman–Crippen MR) is 152 cm³/mol. The zero-order chi connectivity index (χ0) is 27.8. The fourth-order valence-corrected chi connectivity index (χ4v) is 5.20. The first-order valence-corrected chi connectivity index (χ1v) is 13.8. The number of nitrogens with one attached hydrogen (secondary N) is 2. The standard InChI is InChI=1S/C27H33F2N4O2P.C2H6/c1-16(2)26(33(24(35)15-34)14-18-12-30-13-21(18)29)25-22(10-17-6-4-3-5-7-17)31-27(32-25)20-11-19(28)8-9-23(20)36;1-2/h3-9,11,16,18,21,26,30,34H,10,12-15,36H2,1-2H3,(H,31,32);1-2H3. The number of H-pyrrole nitrogens is 1. The van der Waals surface area contributed by atoms with Crippen molar-refractivity contribution >= 4 is 20.5 Å². The van der Waals surface area contributed by atoms with Crippen LogP contribution in [0.1, 0.15) is 50.7 Å². The monoisotopic (exact) mass is 544 g/mol. The van der Waals surface area contributed by atoms with E-state index >= 15 is 0 Å². The minimum atomic E-state index is -1.07. The molecule has 1 aliphatic rings. The number of benzene rings is 2. The minimum Gasteiger partial charge on any atom is -0.387 e. The van der Waals surface area contributed by atoms with Gasteiger partial charge in [0.15, 0.2) is 0 Å². The highest BCUT2D eigenvalue weighted by molar-refractivity contribution is 7.27. The number of alkyl halides is 1. The van der Waals surface area contributed by atoms with Gasteiger partial charge in [-0.15, -0.1) is 9.24 Å². The summed E-state index contributed by atoms with van der Waals surface area (Å²) in [5.41, 5.74) is 3.08. The Labute approximate surface area is 226 Å². The van der Waals surface area contributed by atoms with E-state index in [0.717, 1.165) is 16.6 Å². The molecule has 3 aromatic rings. The van der Waals surface area contributed by atoms with Crippen LogP contribution in [-0.2, 0) is 11.2 Å². The van der Waals surface area contributed by atoms with Crippen molar-refractivity contribution in [3.63, 3.8) is 0 Å². The number of nitrogens with zero attached hydrogens (tertiary/aromatic N) is 2. The summed E-state index contributed by atoms with van der Waals surface area (Å²) in [6, 6.07) is 13.8. The number of aliphatic hydroxyl groups is 1. The van der Waals surface area contributed by atoms with Crippen molar-refractivity contribution in [3.05, 3.63) is 71.3 Å². The van der Waals surface area contributed by atoms with Crippen molar-refractivity contribution in [2.24, 2.45) is 11.8 Å². The molecule has 1 saturated heterocycles. The molecule has 9 heteroatoms. The van der Waals surface area contributed by atoms with E-state index in [-0.39, 0.29) is 30.7 Å². The SMILES string of the molecule is CC.CC(C)C(c1nc(-c2cc(F)ccc2P)[nH]c1Cc1ccccc1)N(CC1CNCC1F)C(=O)CO. The van der Waals surface area contributed by atoms with Crippen molar-refractivity contribution in [2.75, 3.05) is 26.2 Å². The molecule has 4 atom stereocenters. The highest BCUT2D eigenvalue weighted by atomic mass is 31.0. The van der Waals surface area contributed by atoms with Crippen molar-refractivity contribution in [2.45, 2.75) is 46.3 Å². The van der Waals surface area contributed by atoms with Crippen LogP contribution in [0.4, 0.5) is 8.78 Å². The summed E-state index contributed by atoms with van der Waals surface area (Å²) in [7, 11) is 2.60. The van der Waals surface area contributed by atoms with Crippen LogP contribution in [0.3, 0.4) is 0 Å². The first kappa shape index (κ1) is 29.9. The van der Waals surface area contributed by atoms with Gasteiger partial charge in [0.2, 0.25) is 5.91 Å². The number of hydrogen-bond donors (Lipinski definition) is 3. The molecule has 0 saturated carbocycles. The number of aromatic nitrogens is 2. The van der Waals surface area contributed by atoms with Crippen LogP contribution in [0.5, 0.6) is 0 Å². The van der Waals surface area contributed by atoms with Gasteiger partial charge in [0.05, 0.1) is 11.7 Å². The second kappa shape index (κ2) is 13.9. The average molecular weight is 545 g/mol. The fraction of sp³-hybridized carbons (Fsp3) is 0.448. The molecule has 3 N–H and O–H groups in total. The third kappa shape index (κ3) is 7.04. The van der Waals surface area contributed by atoms with E-state index < -0.39 is 24.7 Å². The average Bonchev–Trinajstić information content (AvgIpc) is 3.52. The lowest BCUT2D eigenvalue weighted by Gasteiger charge is -2.36. The molecular formula is C29H39F2N4O2P. The van der Waals surface area contributed by atoms with E-state index in [1.54, 1.807) is 11.0 Å². The van der Waals surface area contributed by atoms with Gasteiger partial charge in [0, 0.05) is 43.2 Å². The van der Waals surface area contributed by atoms with Gasteiger partial charge >= 0.3 is 0 Å². The van der Waals surface area contributed by atoms with Gasteiger partial charge in [0.1, 0.15) is 24.4 Å². The zero-order valence-electron chi connectivity index (χ0n) is 22.5.